The van der Waals surface area contributed by atoms with Crippen molar-refractivity contribution in [3.63, 3.8) is 0 Å². The standard InChI is InChI=1S/C20H30O4/c1-11(2)14-7-5-12(3)15-9-20(24)13(4)6-8-16(22)19(20,10-21)18(23)17(14)15/h5-6,11,14-15,17-18,21,23-24H,7-10H2,1-4H3/t14-,15+,17-,18-,19+,20+/m1/s1. The summed E-state index contributed by atoms with van der Waals surface area (Å²) in [5.74, 6) is 0.325. The van der Waals surface area contributed by atoms with Gasteiger partial charge in [0.25, 0.3) is 0 Å². The van der Waals surface area contributed by atoms with Gasteiger partial charge in [0, 0.05) is 6.42 Å². The SMILES string of the molecule is CC1=CC[C@H](C(C)C)[C@H]2[C@@H](O)[C@]3(CO)C(=O)CC=C(C)[C@@]3(O)C[C@@H]12. The molecule has 0 bridgehead atoms. The van der Waals surface area contributed by atoms with Crippen LogP contribution in [0.15, 0.2) is 23.3 Å². The molecule has 0 heterocycles. The van der Waals surface area contributed by atoms with Crippen LogP contribution in [0.1, 0.15) is 47.0 Å². The van der Waals surface area contributed by atoms with Crippen molar-refractivity contribution < 1.29 is 20.1 Å². The van der Waals surface area contributed by atoms with Crippen molar-refractivity contribution in [2.24, 2.45) is 29.1 Å². The third-order valence-corrected chi connectivity index (χ3v) is 7.23. The van der Waals surface area contributed by atoms with E-state index in [0.29, 0.717) is 17.9 Å². The molecule has 3 aliphatic rings. The lowest BCUT2D eigenvalue weighted by atomic mass is 9.46. The molecule has 134 valence electrons. The van der Waals surface area contributed by atoms with Gasteiger partial charge in [-0.25, -0.2) is 0 Å². The van der Waals surface area contributed by atoms with Gasteiger partial charge in [0.15, 0.2) is 5.78 Å². The highest BCUT2D eigenvalue weighted by molar-refractivity contribution is 5.91. The number of ketones is 1. The van der Waals surface area contributed by atoms with Gasteiger partial charge in [0.1, 0.15) is 11.0 Å². The number of hydrogen-bond donors (Lipinski definition) is 3. The van der Waals surface area contributed by atoms with Gasteiger partial charge in [-0.1, -0.05) is 31.6 Å². The van der Waals surface area contributed by atoms with E-state index in [1.807, 2.05) is 6.92 Å². The third-order valence-electron chi connectivity index (χ3n) is 7.23. The lowest BCUT2D eigenvalue weighted by Gasteiger charge is -2.61. The second kappa shape index (κ2) is 5.79. The van der Waals surface area contributed by atoms with Crippen LogP contribution >= 0.6 is 0 Å². The molecule has 3 N–H and O–H groups in total. The van der Waals surface area contributed by atoms with Crippen LogP contribution in [0.2, 0.25) is 0 Å². The van der Waals surface area contributed by atoms with E-state index >= 15 is 0 Å². The van der Waals surface area contributed by atoms with Crippen LogP contribution in [0.5, 0.6) is 0 Å². The highest BCUT2D eigenvalue weighted by atomic mass is 16.3. The van der Waals surface area contributed by atoms with Crippen molar-refractivity contribution in [2.45, 2.75) is 58.7 Å². The molecule has 4 nitrogen and oxygen atoms in total. The first-order valence-corrected chi connectivity index (χ1v) is 9.09. The Labute approximate surface area is 144 Å². The molecule has 1 fully saturated rings. The van der Waals surface area contributed by atoms with E-state index in [4.69, 9.17) is 0 Å². The molecule has 0 amide bonds. The first-order chi connectivity index (χ1) is 11.2. The maximum atomic E-state index is 12.8. The van der Waals surface area contributed by atoms with Gasteiger partial charge < -0.3 is 15.3 Å². The molecule has 0 unspecified atom stereocenters. The second-order valence-electron chi connectivity index (χ2n) is 8.43. The van der Waals surface area contributed by atoms with Gasteiger partial charge in [-0.3, -0.25) is 4.79 Å². The Morgan fingerprint density at radius 1 is 1.29 bits per heavy atom. The van der Waals surface area contributed by atoms with E-state index in [2.05, 4.69) is 26.8 Å². The molecule has 0 aromatic heterocycles. The number of Topliss-reactive ketones (excluding diaryl/α,β-unsaturated/α-hetero) is 1. The predicted octanol–water partition coefficient (Wildman–Crippen LogP) is 2.23. The van der Waals surface area contributed by atoms with E-state index < -0.39 is 23.7 Å². The van der Waals surface area contributed by atoms with E-state index in [-0.39, 0.29) is 30.0 Å². The number of aliphatic hydroxyl groups is 3. The summed E-state index contributed by atoms with van der Waals surface area (Å²) < 4.78 is 0. The van der Waals surface area contributed by atoms with Crippen LogP contribution in [0.3, 0.4) is 0 Å². The van der Waals surface area contributed by atoms with Gasteiger partial charge in [0.2, 0.25) is 0 Å². The number of rotatable bonds is 2. The maximum absolute atomic E-state index is 12.8. The summed E-state index contributed by atoms with van der Waals surface area (Å²) in [6.07, 6.45) is 4.39. The molecule has 0 radical (unpaired) electrons. The maximum Gasteiger partial charge on any atom is 0.150 e. The Kier molecular flexibility index (Phi) is 4.30. The minimum atomic E-state index is -1.49. The lowest BCUT2D eigenvalue weighted by Crippen LogP contribution is -2.71. The van der Waals surface area contributed by atoms with Crippen molar-refractivity contribution in [1.29, 1.82) is 0 Å². The first kappa shape index (κ1) is 17.8. The molecule has 0 aromatic rings. The Morgan fingerprint density at radius 3 is 2.54 bits per heavy atom. The van der Waals surface area contributed by atoms with Gasteiger partial charge >= 0.3 is 0 Å². The van der Waals surface area contributed by atoms with Crippen molar-refractivity contribution in [2.75, 3.05) is 6.61 Å². The minimum Gasteiger partial charge on any atom is -0.395 e. The zero-order valence-electron chi connectivity index (χ0n) is 15.1. The molecule has 0 saturated heterocycles. The summed E-state index contributed by atoms with van der Waals surface area (Å²) in [6, 6.07) is 0. The van der Waals surface area contributed by atoms with Crippen LogP contribution in [0.25, 0.3) is 0 Å². The Morgan fingerprint density at radius 2 is 1.96 bits per heavy atom. The smallest absolute Gasteiger partial charge is 0.150 e. The quantitative estimate of drug-likeness (QED) is 0.677. The summed E-state index contributed by atoms with van der Waals surface area (Å²) in [5.41, 5.74) is -1.07. The number of allylic oxidation sites excluding steroid dienone is 3. The molecule has 3 rings (SSSR count). The number of hydrogen-bond acceptors (Lipinski definition) is 4. The fourth-order valence-corrected chi connectivity index (χ4v) is 5.59. The largest absolute Gasteiger partial charge is 0.395 e. The molecule has 4 heteroatoms. The summed E-state index contributed by atoms with van der Waals surface area (Å²) in [7, 11) is 0. The summed E-state index contributed by atoms with van der Waals surface area (Å²) in [5, 5.41) is 33.0. The molecule has 1 saturated carbocycles. The fourth-order valence-electron chi connectivity index (χ4n) is 5.59. The number of fused-ring (bicyclic) bond motifs is 2. The summed E-state index contributed by atoms with van der Waals surface area (Å²) in [6.45, 7) is 7.64. The molecule has 6 atom stereocenters. The van der Waals surface area contributed by atoms with Crippen LogP contribution in [0.4, 0.5) is 0 Å². The summed E-state index contributed by atoms with van der Waals surface area (Å²) >= 11 is 0. The van der Waals surface area contributed by atoms with Crippen LogP contribution in [-0.2, 0) is 4.79 Å². The number of carbonyl (C=O) groups excluding carboxylic acids is 1. The molecule has 24 heavy (non-hydrogen) atoms. The van der Waals surface area contributed by atoms with E-state index in [9.17, 15) is 20.1 Å². The highest BCUT2D eigenvalue weighted by Crippen LogP contribution is 2.60. The highest BCUT2D eigenvalue weighted by Gasteiger charge is 2.68. The normalized spacial score (nSPS) is 45.4. The van der Waals surface area contributed by atoms with Gasteiger partial charge in [-0.05, 0) is 55.9 Å². The Balaban J connectivity index is 2.18. The minimum absolute atomic E-state index is 0.0417. The van der Waals surface area contributed by atoms with Crippen molar-refractivity contribution in [3.8, 4) is 0 Å². The zero-order chi connectivity index (χ0) is 17.9. The molecule has 3 aliphatic carbocycles. The molecule has 0 aliphatic heterocycles. The number of carbonyl (C=O) groups is 1. The molecular formula is C20H30O4. The van der Waals surface area contributed by atoms with Gasteiger partial charge in [0.05, 0.1) is 12.7 Å². The summed E-state index contributed by atoms with van der Waals surface area (Å²) in [4.78, 5) is 12.8. The second-order valence-corrected chi connectivity index (χ2v) is 8.43. The van der Waals surface area contributed by atoms with E-state index in [1.165, 1.54) is 5.57 Å². The fraction of sp³-hybridized carbons (Fsp3) is 0.750. The third kappa shape index (κ3) is 2.06. The topological polar surface area (TPSA) is 77.8 Å². The first-order valence-electron chi connectivity index (χ1n) is 9.09. The zero-order valence-corrected chi connectivity index (χ0v) is 15.1. The molecular weight excluding hydrogens is 304 g/mol. The average molecular weight is 334 g/mol. The van der Waals surface area contributed by atoms with Crippen molar-refractivity contribution >= 4 is 5.78 Å². The molecule has 0 aromatic carbocycles. The van der Waals surface area contributed by atoms with Gasteiger partial charge in [-0.2, -0.15) is 0 Å². The van der Waals surface area contributed by atoms with Crippen molar-refractivity contribution in [3.05, 3.63) is 23.3 Å². The molecule has 0 spiro atoms. The van der Waals surface area contributed by atoms with Crippen molar-refractivity contribution in [1.82, 2.24) is 0 Å². The van der Waals surface area contributed by atoms with E-state index in [0.717, 1.165) is 6.42 Å². The average Bonchev–Trinajstić information content (AvgIpc) is 2.53. The lowest BCUT2D eigenvalue weighted by molar-refractivity contribution is -0.215. The van der Waals surface area contributed by atoms with Crippen LogP contribution in [-0.4, -0.2) is 39.4 Å². The number of aliphatic hydroxyl groups excluding tert-OH is 2. The Hall–Kier alpha value is -0.970. The van der Waals surface area contributed by atoms with Gasteiger partial charge in [-0.15, -0.1) is 0 Å². The van der Waals surface area contributed by atoms with Crippen LogP contribution < -0.4 is 0 Å². The predicted molar refractivity (Wildman–Crippen MR) is 92.2 cm³/mol. The van der Waals surface area contributed by atoms with E-state index in [1.54, 1.807) is 6.08 Å². The van der Waals surface area contributed by atoms with Crippen LogP contribution in [0, 0.1) is 29.1 Å². The Bertz CT molecular complexity index is 605. The monoisotopic (exact) mass is 334 g/mol.